The molecule has 1 aliphatic carbocycles. The first kappa shape index (κ1) is 17.8. The Labute approximate surface area is 146 Å². The van der Waals surface area contributed by atoms with E-state index < -0.39 is 0 Å². The van der Waals surface area contributed by atoms with Crippen molar-refractivity contribution in [3.8, 4) is 0 Å². The van der Waals surface area contributed by atoms with Crippen LogP contribution in [0.1, 0.15) is 23.2 Å². The van der Waals surface area contributed by atoms with Crippen LogP contribution in [0, 0.1) is 5.92 Å². The third-order valence-corrected chi connectivity index (χ3v) is 4.44. The van der Waals surface area contributed by atoms with E-state index in [1.807, 2.05) is 0 Å². The molecular weight excluding hydrogens is 339 g/mol. The molecule has 1 aliphatic heterocycles. The third-order valence-electron chi connectivity index (χ3n) is 4.12. The van der Waals surface area contributed by atoms with Gasteiger partial charge >= 0.3 is 6.03 Å². The van der Waals surface area contributed by atoms with Gasteiger partial charge in [0.05, 0.1) is 10.7 Å². The minimum absolute atomic E-state index is 0. The van der Waals surface area contributed by atoms with Crippen LogP contribution < -0.4 is 21.3 Å². The molecule has 0 radical (unpaired) electrons. The van der Waals surface area contributed by atoms with Crippen LogP contribution in [-0.4, -0.2) is 37.6 Å². The number of carbonyl (C=O) groups is 2. The van der Waals surface area contributed by atoms with Crippen molar-refractivity contribution in [2.75, 3.05) is 24.5 Å². The summed E-state index contributed by atoms with van der Waals surface area (Å²) in [6, 6.07) is 4.78. The monoisotopic (exact) mass is 358 g/mol. The molecule has 1 aromatic carbocycles. The predicted octanol–water partition coefficient (Wildman–Crippen LogP) is 1.76. The summed E-state index contributed by atoms with van der Waals surface area (Å²) in [6.07, 6.45) is 2.23. The van der Waals surface area contributed by atoms with Crippen molar-refractivity contribution >= 4 is 41.6 Å². The minimum Gasteiger partial charge on any atom is -0.348 e. The normalized spacial score (nSPS) is 18.2. The number of hydrogen-bond donors (Lipinski definition) is 3. The molecule has 6 nitrogen and oxygen atoms in total. The van der Waals surface area contributed by atoms with Crippen molar-refractivity contribution in [1.29, 1.82) is 0 Å². The largest absolute Gasteiger partial charge is 0.348 e. The summed E-state index contributed by atoms with van der Waals surface area (Å²) < 4.78 is 0. The smallest absolute Gasteiger partial charge is 0.322 e. The number of rotatable bonds is 5. The van der Waals surface area contributed by atoms with Crippen LogP contribution in [0.4, 0.5) is 10.5 Å². The van der Waals surface area contributed by atoms with Crippen molar-refractivity contribution in [2.45, 2.75) is 18.9 Å². The molecule has 1 atom stereocenters. The van der Waals surface area contributed by atoms with Gasteiger partial charge in [-0.05, 0) is 37.0 Å². The number of benzene rings is 1. The van der Waals surface area contributed by atoms with E-state index in [1.54, 1.807) is 23.1 Å². The molecule has 3 rings (SSSR count). The zero-order valence-electron chi connectivity index (χ0n) is 12.5. The van der Waals surface area contributed by atoms with Crippen molar-refractivity contribution < 1.29 is 9.59 Å². The van der Waals surface area contributed by atoms with E-state index in [0.717, 1.165) is 12.8 Å². The van der Waals surface area contributed by atoms with E-state index in [9.17, 15) is 9.59 Å². The lowest BCUT2D eigenvalue weighted by Crippen LogP contribution is -2.41. The Morgan fingerprint density at radius 2 is 2.22 bits per heavy atom. The molecule has 8 heteroatoms. The highest BCUT2D eigenvalue weighted by Crippen LogP contribution is 2.32. The summed E-state index contributed by atoms with van der Waals surface area (Å²) in [5.74, 6) is 0.310. The Bertz CT molecular complexity index is 607. The third kappa shape index (κ3) is 3.88. The maximum absolute atomic E-state index is 12.4. The fourth-order valence-corrected chi connectivity index (χ4v) is 2.90. The van der Waals surface area contributed by atoms with E-state index >= 15 is 0 Å². The van der Waals surface area contributed by atoms with E-state index in [2.05, 4.69) is 10.6 Å². The lowest BCUT2D eigenvalue weighted by atomic mass is 10.1. The first-order chi connectivity index (χ1) is 10.6. The van der Waals surface area contributed by atoms with Gasteiger partial charge in [-0.15, -0.1) is 12.4 Å². The van der Waals surface area contributed by atoms with Gasteiger partial charge in [-0.3, -0.25) is 9.69 Å². The first-order valence-electron chi connectivity index (χ1n) is 7.46. The predicted molar refractivity (Wildman–Crippen MR) is 92.5 cm³/mol. The van der Waals surface area contributed by atoms with Gasteiger partial charge in [0.1, 0.15) is 0 Å². The Morgan fingerprint density at radius 3 is 2.78 bits per heavy atom. The van der Waals surface area contributed by atoms with Gasteiger partial charge < -0.3 is 16.4 Å². The number of hydrogen-bond acceptors (Lipinski definition) is 3. The van der Waals surface area contributed by atoms with E-state index in [-0.39, 0.29) is 30.4 Å². The number of amides is 3. The second kappa shape index (κ2) is 7.38. The average Bonchev–Trinajstić information content (AvgIpc) is 3.27. The van der Waals surface area contributed by atoms with Gasteiger partial charge in [0.15, 0.2) is 0 Å². The molecule has 1 saturated heterocycles. The number of nitrogens with one attached hydrogen (secondary N) is 2. The van der Waals surface area contributed by atoms with Crippen LogP contribution in [0.5, 0.6) is 0 Å². The maximum Gasteiger partial charge on any atom is 0.322 e. The Morgan fingerprint density at radius 1 is 1.48 bits per heavy atom. The number of nitrogens with zero attached hydrogens (tertiary/aromatic N) is 1. The van der Waals surface area contributed by atoms with Crippen LogP contribution in [0.3, 0.4) is 0 Å². The van der Waals surface area contributed by atoms with Gasteiger partial charge in [-0.25, -0.2) is 4.79 Å². The maximum atomic E-state index is 12.4. The highest BCUT2D eigenvalue weighted by molar-refractivity contribution is 6.34. The molecule has 1 unspecified atom stereocenters. The number of anilines is 1. The molecule has 4 N–H and O–H groups in total. The summed E-state index contributed by atoms with van der Waals surface area (Å²) >= 11 is 6.17. The molecular formula is C15H20Cl2N4O2. The Hall–Kier alpha value is -1.50. The molecule has 1 saturated carbocycles. The Kier molecular flexibility index (Phi) is 5.73. The van der Waals surface area contributed by atoms with Crippen LogP contribution in [0.15, 0.2) is 18.2 Å². The van der Waals surface area contributed by atoms with Crippen molar-refractivity contribution in [3.63, 3.8) is 0 Å². The molecule has 126 valence electrons. The van der Waals surface area contributed by atoms with Crippen LogP contribution in [-0.2, 0) is 0 Å². The molecule has 0 spiro atoms. The van der Waals surface area contributed by atoms with Gasteiger partial charge in [0.2, 0.25) is 0 Å². The fraction of sp³-hybridized carbons (Fsp3) is 0.467. The molecule has 3 amide bonds. The van der Waals surface area contributed by atoms with Gasteiger partial charge in [-0.2, -0.15) is 0 Å². The average molecular weight is 359 g/mol. The van der Waals surface area contributed by atoms with Gasteiger partial charge in [-0.1, -0.05) is 11.6 Å². The number of carbonyl (C=O) groups excluding carboxylic acids is 2. The van der Waals surface area contributed by atoms with Gasteiger partial charge in [0.25, 0.3) is 5.91 Å². The van der Waals surface area contributed by atoms with Crippen molar-refractivity contribution in [3.05, 3.63) is 28.8 Å². The van der Waals surface area contributed by atoms with Crippen LogP contribution in [0.25, 0.3) is 0 Å². The first-order valence-corrected chi connectivity index (χ1v) is 7.84. The number of halogens is 2. The zero-order valence-corrected chi connectivity index (χ0v) is 14.1. The summed E-state index contributed by atoms with van der Waals surface area (Å²) in [4.78, 5) is 25.7. The summed E-state index contributed by atoms with van der Waals surface area (Å²) in [7, 11) is 0. The highest BCUT2D eigenvalue weighted by Gasteiger charge is 2.31. The number of nitrogens with two attached hydrogens (primary N) is 1. The van der Waals surface area contributed by atoms with Crippen LogP contribution in [0.2, 0.25) is 5.02 Å². The zero-order chi connectivity index (χ0) is 15.7. The van der Waals surface area contributed by atoms with Crippen molar-refractivity contribution in [2.24, 2.45) is 11.7 Å². The van der Waals surface area contributed by atoms with Gasteiger partial charge in [0, 0.05) is 31.2 Å². The second-order valence-electron chi connectivity index (χ2n) is 5.70. The topological polar surface area (TPSA) is 87.5 Å². The summed E-state index contributed by atoms with van der Waals surface area (Å²) in [5.41, 5.74) is 6.75. The minimum atomic E-state index is -0.197. The molecule has 0 aromatic heterocycles. The fourth-order valence-electron chi connectivity index (χ4n) is 2.68. The van der Waals surface area contributed by atoms with E-state index in [4.69, 9.17) is 17.3 Å². The molecule has 23 heavy (non-hydrogen) atoms. The highest BCUT2D eigenvalue weighted by atomic mass is 35.5. The lowest BCUT2D eigenvalue weighted by Gasteiger charge is -2.19. The van der Waals surface area contributed by atoms with Crippen molar-refractivity contribution in [1.82, 2.24) is 10.6 Å². The summed E-state index contributed by atoms with van der Waals surface area (Å²) in [6.45, 7) is 1.55. The van der Waals surface area contributed by atoms with E-state index in [1.165, 1.54) is 0 Å². The lowest BCUT2D eigenvalue weighted by molar-refractivity contribution is 0.0933. The molecule has 2 fully saturated rings. The quantitative estimate of drug-likeness (QED) is 0.749. The Balaban J connectivity index is 0.00000192. The standard InChI is InChI=1S/C15H19ClN4O2.ClH/c16-11-4-3-10(7-13(11)20-6-5-18-15(20)22)14(21)19-12(8-17)9-1-2-9;/h3-4,7,9,12H,1-2,5-6,8,17H2,(H,18,22)(H,19,21);1H. The SMILES string of the molecule is Cl.NCC(NC(=O)c1ccc(Cl)c(N2CCNC2=O)c1)C1CC1. The molecule has 1 aromatic rings. The van der Waals surface area contributed by atoms with Crippen LogP contribution >= 0.6 is 24.0 Å². The van der Waals surface area contributed by atoms with E-state index in [0.29, 0.717) is 41.8 Å². The molecule has 0 bridgehead atoms. The molecule has 1 heterocycles. The second-order valence-corrected chi connectivity index (χ2v) is 6.11. The number of urea groups is 1. The molecule has 2 aliphatic rings. The summed E-state index contributed by atoms with van der Waals surface area (Å²) in [5, 5.41) is 6.14.